The average Bonchev–Trinajstić information content (AvgIpc) is 3.80. The molecule has 11 aromatic rings. The van der Waals surface area contributed by atoms with Crippen LogP contribution in [0.3, 0.4) is 0 Å². The number of hydrogen-bond donors (Lipinski definition) is 0. The summed E-state index contributed by atoms with van der Waals surface area (Å²) in [5.74, 6) is 1.87. The van der Waals surface area contributed by atoms with Gasteiger partial charge in [-0.05, 0) is 45.5 Å². The summed E-state index contributed by atoms with van der Waals surface area (Å²) in [5.41, 5.74) is 6.93. The molecule has 0 radical (unpaired) electrons. The van der Waals surface area contributed by atoms with Crippen LogP contribution in [-0.4, -0.2) is 15.0 Å². The molecule has 0 amide bonds. The Labute approximate surface area is 302 Å². The van der Waals surface area contributed by atoms with Gasteiger partial charge in [0.05, 0.1) is 0 Å². The number of nitrogens with zero attached hydrogens (tertiary/aromatic N) is 3. The summed E-state index contributed by atoms with van der Waals surface area (Å²) in [6.45, 7) is 0. The highest BCUT2D eigenvalue weighted by atomic mass is 32.1. The van der Waals surface area contributed by atoms with Gasteiger partial charge < -0.3 is 4.42 Å². The summed E-state index contributed by atoms with van der Waals surface area (Å²) in [4.78, 5) is 15.4. The Balaban J connectivity index is 1.17. The van der Waals surface area contributed by atoms with E-state index in [4.69, 9.17) is 19.4 Å². The molecule has 4 nitrogen and oxygen atoms in total. The lowest BCUT2D eigenvalue weighted by molar-refractivity contribution is 0.669. The minimum atomic E-state index is 0.611. The molecule has 0 aliphatic rings. The van der Waals surface area contributed by atoms with Crippen molar-refractivity contribution in [2.45, 2.75) is 0 Å². The molecule has 0 spiro atoms. The van der Waals surface area contributed by atoms with Gasteiger partial charge in [0, 0.05) is 53.0 Å². The predicted molar refractivity (Wildman–Crippen MR) is 217 cm³/mol. The van der Waals surface area contributed by atoms with E-state index in [9.17, 15) is 0 Å². The van der Waals surface area contributed by atoms with Gasteiger partial charge in [0.25, 0.3) is 0 Å². The summed E-state index contributed by atoms with van der Waals surface area (Å²) in [7, 11) is 0. The predicted octanol–water partition coefficient (Wildman–Crippen LogP) is 13.1. The van der Waals surface area contributed by atoms with Crippen LogP contribution in [0, 0.1) is 0 Å². The number of rotatable bonds is 4. The molecule has 5 heteroatoms. The number of benzene rings is 8. The second kappa shape index (κ2) is 11.4. The Bertz CT molecular complexity index is 3180. The van der Waals surface area contributed by atoms with Crippen molar-refractivity contribution in [1.82, 2.24) is 15.0 Å². The molecule has 0 bridgehead atoms. The van der Waals surface area contributed by atoms with E-state index in [0.717, 1.165) is 38.6 Å². The van der Waals surface area contributed by atoms with Gasteiger partial charge in [-0.3, -0.25) is 0 Å². The third kappa shape index (κ3) is 4.50. The van der Waals surface area contributed by atoms with E-state index in [1.165, 1.54) is 52.8 Å². The highest BCUT2D eigenvalue weighted by molar-refractivity contribution is 7.27. The number of furan rings is 1. The topological polar surface area (TPSA) is 51.8 Å². The molecule has 242 valence electrons. The van der Waals surface area contributed by atoms with E-state index in [0.29, 0.717) is 17.5 Å². The van der Waals surface area contributed by atoms with E-state index in [1.807, 2.05) is 72.0 Å². The van der Waals surface area contributed by atoms with Crippen molar-refractivity contribution >= 4 is 75.0 Å². The van der Waals surface area contributed by atoms with Crippen LogP contribution in [0.15, 0.2) is 168 Å². The summed E-state index contributed by atoms with van der Waals surface area (Å²) in [6, 6.07) is 57.3. The highest BCUT2D eigenvalue weighted by Gasteiger charge is 2.19. The van der Waals surface area contributed by atoms with Crippen molar-refractivity contribution in [3.63, 3.8) is 0 Å². The largest absolute Gasteiger partial charge is 0.456 e. The molecular weight excluding hydrogens is 655 g/mol. The first-order chi connectivity index (χ1) is 25.8. The highest BCUT2D eigenvalue weighted by Crippen LogP contribution is 2.45. The standard InChI is InChI=1S/C47H27N3OS/c1-3-11-28(12-4-1)33-16-9-17-34-35-26-25-30-23-21-29-22-24-32(27-38(29)41(30)44(35)52-43(33)34)46-48-45(31-13-5-2-6-14-31)49-47(50-46)37-18-10-20-40-42(37)36-15-7-8-19-39(36)51-40/h1-27H. The molecule has 11 rings (SSSR count). The van der Waals surface area contributed by atoms with Crippen LogP contribution in [0.2, 0.25) is 0 Å². The number of thiophene rings is 1. The quantitative estimate of drug-likeness (QED) is 0.174. The van der Waals surface area contributed by atoms with Crippen LogP contribution in [0.25, 0.3) is 109 Å². The molecule has 0 saturated carbocycles. The van der Waals surface area contributed by atoms with Gasteiger partial charge in [-0.15, -0.1) is 11.3 Å². The van der Waals surface area contributed by atoms with Gasteiger partial charge in [0.2, 0.25) is 0 Å². The maximum atomic E-state index is 6.25. The first-order valence-corrected chi connectivity index (χ1v) is 18.2. The fourth-order valence-corrected chi connectivity index (χ4v) is 9.08. The maximum absolute atomic E-state index is 6.25. The molecule has 52 heavy (non-hydrogen) atoms. The fourth-order valence-electron chi connectivity index (χ4n) is 7.68. The van der Waals surface area contributed by atoms with Crippen LogP contribution < -0.4 is 0 Å². The summed E-state index contributed by atoms with van der Waals surface area (Å²) in [6.07, 6.45) is 0. The maximum Gasteiger partial charge on any atom is 0.164 e. The summed E-state index contributed by atoms with van der Waals surface area (Å²) in [5, 5.41) is 9.42. The molecule has 3 heterocycles. The Kier molecular flexibility index (Phi) is 6.39. The molecule has 0 saturated heterocycles. The SMILES string of the molecule is c1ccc(-c2nc(-c3ccc4ccc5ccc6c7cccc(-c8ccccc8)c7sc6c5c4c3)nc(-c3cccc4oc5ccccc5c34)n2)cc1. The third-order valence-electron chi connectivity index (χ3n) is 10.1. The lowest BCUT2D eigenvalue weighted by atomic mass is 9.97. The third-order valence-corrected chi connectivity index (χ3v) is 11.4. The summed E-state index contributed by atoms with van der Waals surface area (Å²) < 4.78 is 8.85. The zero-order valence-corrected chi connectivity index (χ0v) is 28.6. The van der Waals surface area contributed by atoms with Gasteiger partial charge in [0.15, 0.2) is 17.5 Å². The van der Waals surface area contributed by atoms with E-state index in [2.05, 4.69) is 103 Å². The zero-order chi connectivity index (χ0) is 34.2. The van der Waals surface area contributed by atoms with Crippen molar-refractivity contribution < 1.29 is 4.42 Å². The van der Waals surface area contributed by atoms with Gasteiger partial charge in [-0.2, -0.15) is 0 Å². The van der Waals surface area contributed by atoms with Gasteiger partial charge in [-0.25, -0.2) is 15.0 Å². The van der Waals surface area contributed by atoms with Crippen LogP contribution in [0.5, 0.6) is 0 Å². The lowest BCUT2D eigenvalue weighted by Crippen LogP contribution is -2.00. The Morgan fingerprint density at radius 2 is 0.981 bits per heavy atom. The van der Waals surface area contributed by atoms with Gasteiger partial charge in [-0.1, -0.05) is 146 Å². The monoisotopic (exact) mass is 681 g/mol. The normalized spacial score (nSPS) is 11.8. The molecule has 0 unspecified atom stereocenters. The first-order valence-electron chi connectivity index (χ1n) is 17.4. The first kappa shape index (κ1) is 29.1. The Morgan fingerprint density at radius 3 is 1.85 bits per heavy atom. The fraction of sp³-hybridized carbons (Fsp3) is 0. The minimum absolute atomic E-state index is 0.611. The number of aromatic nitrogens is 3. The van der Waals surface area contributed by atoms with Crippen LogP contribution >= 0.6 is 11.3 Å². The number of para-hydroxylation sites is 1. The molecule has 0 fully saturated rings. The molecule has 8 aromatic carbocycles. The van der Waals surface area contributed by atoms with Crippen LogP contribution in [0.4, 0.5) is 0 Å². The van der Waals surface area contributed by atoms with Crippen LogP contribution in [0.1, 0.15) is 0 Å². The summed E-state index contributed by atoms with van der Waals surface area (Å²) >= 11 is 1.88. The lowest BCUT2D eigenvalue weighted by Gasteiger charge is -2.11. The molecule has 0 aliphatic carbocycles. The molecule has 0 N–H and O–H groups in total. The smallest absolute Gasteiger partial charge is 0.164 e. The second-order valence-electron chi connectivity index (χ2n) is 13.1. The van der Waals surface area contributed by atoms with Crippen molar-refractivity contribution in [3.8, 4) is 45.3 Å². The van der Waals surface area contributed by atoms with Gasteiger partial charge in [0.1, 0.15) is 11.2 Å². The zero-order valence-electron chi connectivity index (χ0n) is 27.7. The molecule has 0 atom stereocenters. The second-order valence-corrected chi connectivity index (χ2v) is 14.2. The molecular formula is C47H27N3OS. The van der Waals surface area contributed by atoms with Crippen molar-refractivity contribution in [2.24, 2.45) is 0 Å². The van der Waals surface area contributed by atoms with E-state index in [1.54, 1.807) is 0 Å². The number of fused-ring (bicyclic) bond motifs is 10. The minimum Gasteiger partial charge on any atom is -0.456 e. The molecule has 3 aromatic heterocycles. The Hall–Kier alpha value is -6.69. The van der Waals surface area contributed by atoms with E-state index in [-0.39, 0.29) is 0 Å². The van der Waals surface area contributed by atoms with Crippen molar-refractivity contribution in [3.05, 3.63) is 164 Å². The van der Waals surface area contributed by atoms with Crippen molar-refractivity contribution in [2.75, 3.05) is 0 Å². The van der Waals surface area contributed by atoms with Crippen LogP contribution in [-0.2, 0) is 0 Å². The molecule has 0 aliphatic heterocycles. The van der Waals surface area contributed by atoms with Crippen molar-refractivity contribution in [1.29, 1.82) is 0 Å². The number of hydrogen-bond acceptors (Lipinski definition) is 5. The van der Waals surface area contributed by atoms with Gasteiger partial charge >= 0.3 is 0 Å². The average molecular weight is 682 g/mol. The van der Waals surface area contributed by atoms with E-state index < -0.39 is 0 Å². The van der Waals surface area contributed by atoms with E-state index >= 15 is 0 Å². The Morgan fingerprint density at radius 1 is 0.365 bits per heavy atom.